The minimum absolute atomic E-state index is 0.0112. The number of amides is 2. The number of carbonyl (C=O) groups is 4. The molecule has 1 atom stereocenters. The Labute approximate surface area is 118 Å². The average Bonchev–Trinajstić information content (AvgIpc) is 2.76. The lowest BCUT2D eigenvalue weighted by atomic mass is 10.2. The molecule has 104 valence electrons. The summed E-state index contributed by atoms with van der Waals surface area (Å²) in [5, 5.41) is 7.14. The molecule has 1 aliphatic rings. The first-order chi connectivity index (χ1) is 9.50. The van der Waals surface area contributed by atoms with Crippen LogP contribution >= 0.6 is 11.8 Å². The van der Waals surface area contributed by atoms with Crippen molar-refractivity contribution in [3.8, 4) is 0 Å². The van der Waals surface area contributed by atoms with E-state index in [2.05, 4.69) is 0 Å². The molecule has 1 fully saturated rings. The summed E-state index contributed by atoms with van der Waals surface area (Å²) in [6.07, 6.45) is -0.0224. The van der Waals surface area contributed by atoms with Crippen LogP contribution in [0, 0.1) is 0 Å². The van der Waals surface area contributed by atoms with Crippen LogP contribution in [0.25, 0.3) is 0 Å². The second-order valence-corrected chi connectivity index (χ2v) is 5.17. The molecule has 7 heteroatoms. The van der Waals surface area contributed by atoms with Crippen molar-refractivity contribution in [3.05, 3.63) is 35.9 Å². The lowest BCUT2D eigenvalue weighted by Gasteiger charge is -2.20. The van der Waals surface area contributed by atoms with Gasteiger partial charge in [0.15, 0.2) is 5.37 Å². The van der Waals surface area contributed by atoms with Gasteiger partial charge in [0, 0.05) is 18.4 Å². The van der Waals surface area contributed by atoms with E-state index in [1.54, 1.807) is 30.3 Å². The molecule has 0 aliphatic carbocycles. The van der Waals surface area contributed by atoms with Gasteiger partial charge >= 0.3 is 5.97 Å². The molecule has 2 amide bonds. The van der Waals surface area contributed by atoms with Crippen molar-refractivity contribution in [2.75, 3.05) is 0 Å². The third kappa shape index (κ3) is 2.88. The van der Waals surface area contributed by atoms with Crippen molar-refractivity contribution in [1.82, 2.24) is 4.90 Å². The molecule has 2 rings (SSSR count). The Morgan fingerprint density at radius 1 is 1.10 bits per heavy atom. The topological polar surface area (TPSA) is 91.8 Å². The van der Waals surface area contributed by atoms with E-state index in [-0.39, 0.29) is 12.8 Å². The second kappa shape index (κ2) is 5.87. The molecular formula is C13H11NO5S. The molecular weight excluding hydrogens is 282 g/mol. The zero-order chi connectivity index (χ0) is 14.7. The summed E-state index contributed by atoms with van der Waals surface area (Å²) in [5.74, 6) is -2.51. The second-order valence-electron chi connectivity index (χ2n) is 4.12. The first-order valence-corrected chi connectivity index (χ1v) is 6.72. The Balaban J connectivity index is 2.19. The molecule has 1 saturated heterocycles. The van der Waals surface area contributed by atoms with Crippen LogP contribution in [0.5, 0.6) is 0 Å². The maximum absolute atomic E-state index is 12.0. The average molecular weight is 293 g/mol. The number of thioether (sulfide) groups is 1. The lowest BCUT2D eigenvalue weighted by Crippen LogP contribution is -2.43. The zero-order valence-electron chi connectivity index (χ0n) is 10.3. The Morgan fingerprint density at radius 2 is 1.65 bits per heavy atom. The van der Waals surface area contributed by atoms with Crippen molar-refractivity contribution >= 4 is 34.7 Å². The van der Waals surface area contributed by atoms with Gasteiger partial charge < -0.3 is 5.11 Å². The number of likely N-dealkylation sites (tertiary alicyclic amines) is 1. The Kier molecular flexibility index (Phi) is 4.19. The number of hydrogen-bond acceptors (Lipinski definition) is 5. The number of nitrogens with zero attached hydrogens (tertiary/aromatic N) is 1. The molecule has 0 bridgehead atoms. The molecule has 1 aliphatic heterocycles. The molecule has 1 N–H and O–H groups in total. The van der Waals surface area contributed by atoms with Crippen LogP contribution < -0.4 is 0 Å². The van der Waals surface area contributed by atoms with E-state index < -0.39 is 28.3 Å². The van der Waals surface area contributed by atoms with Crippen molar-refractivity contribution in [2.45, 2.75) is 18.2 Å². The molecule has 0 radical (unpaired) electrons. The number of carbonyl (C=O) groups excluding carboxylic acids is 3. The monoisotopic (exact) mass is 293 g/mol. The Morgan fingerprint density at radius 3 is 2.15 bits per heavy atom. The molecule has 0 spiro atoms. The fraction of sp³-hybridized carbons (Fsp3) is 0.231. The zero-order valence-corrected chi connectivity index (χ0v) is 11.1. The van der Waals surface area contributed by atoms with Gasteiger partial charge in [0.05, 0.1) is 0 Å². The molecule has 0 saturated carbocycles. The van der Waals surface area contributed by atoms with Crippen LogP contribution in [0.3, 0.4) is 0 Å². The number of carboxylic acid groups (broad SMARTS) is 1. The van der Waals surface area contributed by atoms with Crippen LogP contribution in [0.15, 0.2) is 30.3 Å². The van der Waals surface area contributed by atoms with Crippen LogP contribution in [0.1, 0.15) is 23.2 Å². The highest BCUT2D eigenvalue weighted by atomic mass is 32.2. The highest BCUT2D eigenvalue weighted by Gasteiger charge is 2.40. The minimum atomic E-state index is -1.51. The van der Waals surface area contributed by atoms with E-state index in [1.165, 1.54) is 0 Å². The molecule has 0 aromatic heterocycles. The molecule has 6 nitrogen and oxygen atoms in total. The van der Waals surface area contributed by atoms with E-state index in [0.717, 1.165) is 0 Å². The van der Waals surface area contributed by atoms with Crippen LogP contribution in [0.2, 0.25) is 0 Å². The summed E-state index contributed by atoms with van der Waals surface area (Å²) in [6, 6.07) is 8.11. The van der Waals surface area contributed by atoms with E-state index in [1.807, 2.05) is 0 Å². The van der Waals surface area contributed by atoms with Crippen molar-refractivity contribution in [3.63, 3.8) is 0 Å². The summed E-state index contributed by atoms with van der Waals surface area (Å²) in [4.78, 5) is 47.0. The first-order valence-electron chi connectivity index (χ1n) is 5.84. The van der Waals surface area contributed by atoms with Crippen LogP contribution in [-0.2, 0) is 14.4 Å². The van der Waals surface area contributed by atoms with Crippen molar-refractivity contribution in [1.29, 1.82) is 0 Å². The normalized spacial score (nSPS) is 16.3. The number of imide groups is 1. The largest absolute Gasteiger partial charge is 0.479 e. The number of aliphatic carboxylic acids is 1. The number of benzene rings is 1. The van der Waals surface area contributed by atoms with E-state index in [0.29, 0.717) is 22.2 Å². The van der Waals surface area contributed by atoms with Gasteiger partial charge in [0.2, 0.25) is 16.9 Å². The minimum Gasteiger partial charge on any atom is -0.479 e. The highest BCUT2D eigenvalue weighted by molar-refractivity contribution is 8.15. The lowest BCUT2D eigenvalue weighted by molar-refractivity contribution is -0.150. The standard InChI is InChI=1S/C13H11NO5S/c15-9-6-7-10(16)14(9)11(12(17)18)20-13(19)8-4-2-1-3-5-8/h1-5,11H,6-7H2,(H,17,18). The molecule has 1 aromatic carbocycles. The fourth-order valence-corrected chi connectivity index (χ4v) is 2.73. The molecule has 1 unspecified atom stereocenters. The van der Waals surface area contributed by atoms with Crippen LogP contribution in [-0.4, -0.2) is 38.3 Å². The molecule has 1 aromatic rings. The highest BCUT2D eigenvalue weighted by Crippen LogP contribution is 2.26. The van der Waals surface area contributed by atoms with Crippen molar-refractivity contribution < 1.29 is 24.3 Å². The Hall–Kier alpha value is -2.15. The maximum atomic E-state index is 12.0. The predicted octanol–water partition coefficient (Wildman–Crippen LogP) is 1.12. The third-order valence-corrected chi connectivity index (χ3v) is 3.85. The van der Waals surface area contributed by atoms with Crippen molar-refractivity contribution in [2.24, 2.45) is 0 Å². The predicted molar refractivity (Wildman–Crippen MR) is 70.9 cm³/mol. The van der Waals surface area contributed by atoms with Crippen LogP contribution in [0.4, 0.5) is 0 Å². The fourth-order valence-electron chi connectivity index (χ4n) is 1.81. The number of hydrogen-bond donors (Lipinski definition) is 1. The van der Waals surface area contributed by atoms with Gasteiger partial charge in [-0.2, -0.15) is 0 Å². The maximum Gasteiger partial charge on any atom is 0.338 e. The summed E-state index contributed by atoms with van der Waals surface area (Å²) in [7, 11) is 0. The smallest absolute Gasteiger partial charge is 0.338 e. The van der Waals surface area contributed by atoms with E-state index in [4.69, 9.17) is 5.11 Å². The van der Waals surface area contributed by atoms with Gasteiger partial charge in [-0.25, -0.2) is 4.79 Å². The van der Waals surface area contributed by atoms with Gasteiger partial charge in [-0.1, -0.05) is 30.3 Å². The third-order valence-electron chi connectivity index (χ3n) is 2.76. The van der Waals surface area contributed by atoms with E-state index >= 15 is 0 Å². The SMILES string of the molecule is O=C(SC(C(=O)O)N1C(=O)CCC1=O)c1ccccc1. The Bertz CT molecular complexity index is 555. The van der Waals surface area contributed by atoms with Gasteiger partial charge in [-0.05, 0) is 11.8 Å². The van der Waals surface area contributed by atoms with Gasteiger partial charge in [0.25, 0.3) is 0 Å². The van der Waals surface area contributed by atoms with Gasteiger partial charge in [0.1, 0.15) is 0 Å². The molecule has 20 heavy (non-hydrogen) atoms. The number of carboxylic acids is 1. The van der Waals surface area contributed by atoms with Gasteiger partial charge in [-0.3, -0.25) is 19.3 Å². The number of rotatable bonds is 4. The summed E-state index contributed by atoms with van der Waals surface area (Å²) in [5.41, 5.74) is 0.322. The van der Waals surface area contributed by atoms with E-state index in [9.17, 15) is 19.2 Å². The summed E-state index contributed by atoms with van der Waals surface area (Å²) >= 11 is 0.456. The van der Waals surface area contributed by atoms with Gasteiger partial charge in [-0.15, -0.1) is 0 Å². The summed E-state index contributed by atoms with van der Waals surface area (Å²) in [6.45, 7) is 0. The quantitative estimate of drug-likeness (QED) is 0.836. The molecule has 1 heterocycles. The first kappa shape index (κ1) is 14.3. The summed E-state index contributed by atoms with van der Waals surface area (Å²) < 4.78 is 0.